The standard InChI is InChI=1S/C15H16IN3S/c1-2-17-14(11-3-5-12(16)6-4-11)9-13-10-19-7-8-20-15(19)18-13/h3-8,10,14,17H,2,9H2,1H3. The number of fused-ring (bicyclic) bond motifs is 1. The van der Waals surface area contributed by atoms with Crippen LogP contribution in [0, 0.1) is 3.57 Å². The summed E-state index contributed by atoms with van der Waals surface area (Å²) in [4.78, 5) is 5.75. The number of benzene rings is 1. The van der Waals surface area contributed by atoms with Crippen LogP contribution in [0.3, 0.4) is 0 Å². The molecule has 1 atom stereocenters. The quantitative estimate of drug-likeness (QED) is 0.662. The minimum atomic E-state index is 0.321. The van der Waals surface area contributed by atoms with Crippen molar-refractivity contribution in [2.75, 3.05) is 6.54 Å². The van der Waals surface area contributed by atoms with Gasteiger partial charge in [-0.05, 0) is 46.8 Å². The van der Waals surface area contributed by atoms with Crippen molar-refractivity contribution in [1.29, 1.82) is 0 Å². The lowest BCUT2D eigenvalue weighted by molar-refractivity contribution is 0.545. The zero-order valence-electron chi connectivity index (χ0n) is 11.2. The van der Waals surface area contributed by atoms with Crippen molar-refractivity contribution >= 4 is 38.9 Å². The molecule has 104 valence electrons. The van der Waals surface area contributed by atoms with E-state index in [-0.39, 0.29) is 0 Å². The van der Waals surface area contributed by atoms with E-state index in [2.05, 4.69) is 86.3 Å². The Morgan fingerprint density at radius 3 is 2.85 bits per heavy atom. The Hall–Kier alpha value is -0.920. The molecule has 2 aromatic heterocycles. The normalized spacial score (nSPS) is 12.9. The maximum Gasteiger partial charge on any atom is 0.193 e. The van der Waals surface area contributed by atoms with Crippen LogP contribution in [0.2, 0.25) is 0 Å². The molecule has 0 saturated heterocycles. The van der Waals surface area contributed by atoms with Crippen LogP contribution in [0.15, 0.2) is 42.0 Å². The third kappa shape index (κ3) is 3.05. The molecule has 1 N–H and O–H groups in total. The molecule has 0 radical (unpaired) electrons. The molecule has 0 bridgehead atoms. The fraction of sp³-hybridized carbons (Fsp3) is 0.267. The maximum atomic E-state index is 4.68. The molecule has 5 heteroatoms. The van der Waals surface area contributed by atoms with E-state index in [0.717, 1.165) is 23.6 Å². The average Bonchev–Trinajstić information content (AvgIpc) is 3.00. The lowest BCUT2D eigenvalue weighted by Crippen LogP contribution is -2.23. The first-order valence-electron chi connectivity index (χ1n) is 6.66. The Morgan fingerprint density at radius 2 is 2.15 bits per heavy atom. The second-order valence-corrected chi connectivity index (χ2v) is 6.81. The topological polar surface area (TPSA) is 29.3 Å². The summed E-state index contributed by atoms with van der Waals surface area (Å²) in [5, 5.41) is 5.62. The first-order valence-corrected chi connectivity index (χ1v) is 8.62. The Kier molecular flexibility index (Phi) is 4.38. The van der Waals surface area contributed by atoms with Crippen molar-refractivity contribution in [3.05, 3.63) is 56.9 Å². The van der Waals surface area contributed by atoms with Crippen LogP contribution in [-0.4, -0.2) is 15.9 Å². The molecular formula is C15H16IN3S. The van der Waals surface area contributed by atoms with E-state index in [1.54, 1.807) is 11.3 Å². The molecule has 3 aromatic rings. The number of hydrogen-bond acceptors (Lipinski definition) is 3. The molecule has 0 aliphatic carbocycles. The summed E-state index contributed by atoms with van der Waals surface area (Å²) < 4.78 is 3.36. The number of thiazole rings is 1. The van der Waals surface area contributed by atoms with Crippen molar-refractivity contribution in [1.82, 2.24) is 14.7 Å². The van der Waals surface area contributed by atoms with Crippen molar-refractivity contribution in [2.45, 2.75) is 19.4 Å². The Labute approximate surface area is 136 Å². The van der Waals surface area contributed by atoms with Crippen molar-refractivity contribution in [3.8, 4) is 0 Å². The number of rotatable bonds is 5. The highest BCUT2D eigenvalue weighted by molar-refractivity contribution is 14.1. The monoisotopic (exact) mass is 397 g/mol. The van der Waals surface area contributed by atoms with Gasteiger partial charge >= 0.3 is 0 Å². The summed E-state index contributed by atoms with van der Waals surface area (Å²) in [7, 11) is 0. The Morgan fingerprint density at radius 1 is 1.35 bits per heavy atom. The molecule has 20 heavy (non-hydrogen) atoms. The molecule has 0 amide bonds. The van der Waals surface area contributed by atoms with Crippen LogP contribution in [0.1, 0.15) is 24.2 Å². The smallest absolute Gasteiger partial charge is 0.193 e. The summed E-state index contributed by atoms with van der Waals surface area (Å²) in [6, 6.07) is 9.04. The van der Waals surface area contributed by atoms with Gasteiger partial charge in [0.2, 0.25) is 0 Å². The number of halogens is 1. The van der Waals surface area contributed by atoms with E-state index in [4.69, 9.17) is 0 Å². The molecular weight excluding hydrogens is 381 g/mol. The van der Waals surface area contributed by atoms with E-state index in [0.29, 0.717) is 6.04 Å². The zero-order chi connectivity index (χ0) is 13.9. The van der Waals surface area contributed by atoms with Crippen LogP contribution >= 0.6 is 33.9 Å². The van der Waals surface area contributed by atoms with E-state index in [1.165, 1.54) is 9.13 Å². The predicted octanol–water partition coefficient (Wildman–Crippen LogP) is 3.89. The summed E-state index contributed by atoms with van der Waals surface area (Å²) in [6.07, 6.45) is 5.11. The van der Waals surface area contributed by atoms with Gasteiger partial charge in [-0.3, -0.25) is 4.40 Å². The van der Waals surface area contributed by atoms with Crippen molar-refractivity contribution in [3.63, 3.8) is 0 Å². The molecule has 0 aliphatic rings. The van der Waals surface area contributed by atoms with Gasteiger partial charge in [0.15, 0.2) is 4.96 Å². The van der Waals surface area contributed by atoms with E-state index in [9.17, 15) is 0 Å². The zero-order valence-corrected chi connectivity index (χ0v) is 14.2. The molecule has 0 saturated carbocycles. The number of imidazole rings is 1. The van der Waals surface area contributed by atoms with Crippen LogP contribution in [-0.2, 0) is 6.42 Å². The number of likely N-dealkylation sites (N-methyl/N-ethyl adjacent to an activating group) is 1. The molecule has 1 aromatic carbocycles. The van der Waals surface area contributed by atoms with E-state index in [1.807, 2.05) is 0 Å². The fourth-order valence-electron chi connectivity index (χ4n) is 2.33. The lowest BCUT2D eigenvalue weighted by atomic mass is 10.0. The molecule has 0 spiro atoms. The number of nitrogens with zero attached hydrogens (tertiary/aromatic N) is 2. The molecule has 1 unspecified atom stereocenters. The highest BCUT2D eigenvalue weighted by Crippen LogP contribution is 2.21. The van der Waals surface area contributed by atoms with Gasteiger partial charge in [-0.1, -0.05) is 19.1 Å². The van der Waals surface area contributed by atoms with Gasteiger partial charge in [-0.2, -0.15) is 0 Å². The SMILES string of the molecule is CCNC(Cc1cn2ccsc2n1)c1ccc(I)cc1. The van der Waals surface area contributed by atoms with E-state index >= 15 is 0 Å². The van der Waals surface area contributed by atoms with Gasteiger partial charge in [0.25, 0.3) is 0 Å². The first kappa shape index (κ1) is 14.0. The van der Waals surface area contributed by atoms with Gasteiger partial charge in [0.1, 0.15) is 0 Å². The fourth-order valence-corrected chi connectivity index (χ4v) is 3.41. The minimum absolute atomic E-state index is 0.321. The third-order valence-corrected chi connectivity index (χ3v) is 4.77. The molecule has 0 fully saturated rings. The van der Waals surface area contributed by atoms with Gasteiger partial charge < -0.3 is 5.32 Å². The summed E-state index contributed by atoms with van der Waals surface area (Å²) in [5.74, 6) is 0. The number of hydrogen-bond donors (Lipinski definition) is 1. The molecule has 3 nitrogen and oxygen atoms in total. The number of aromatic nitrogens is 2. The highest BCUT2D eigenvalue weighted by Gasteiger charge is 2.13. The van der Waals surface area contributed by atoms with Gasteiger partial charge in [0.05, 0.1) is 5.69 Å². The second kappa shape index (κ2) is 6.24. The molecule has 0 aliphatic heterocycles. The van der Waals surface area contributed by atoms with Crippen molar-refractivity contribution < 1.29 is 0 Å². The minimum Gasteiger partial charge on any atom is -0.310 e. The average molecular weight is 397 g/mol. The van der Waals surface area contributed by atoms with Crippen LogP contribution in [0.5, 0.6) is 0 Å². The van der Waals surface area contributed by atoms with Crippen molar-refractivity contribution in [2.24, 2.45) is 0 Å². The highest BCUT2D eigenvalue weighted by atomic mass is 127. The van der Waals surface area contributed by atoms with Gasteiger partial charge in [0, 0.05) is 33.8 Å². The van der Waals surface area contributed by atoms with Gasteiger partial charge in [-0.25, -0.2) is 4.98 Å². The van der Waals surface area contributed by atoms with Crippen LogP contribution < -0.4 is 5.32 Å². The Balaban J connectivity index is 1.83. The van der Waals surface area contributed by atoms with Crippen LogP contribution in [0.25, 0.3) is 4.96 Å². The summed E-state index contributed by atoms with van der Waals surface area (Å²) in [6.45, 7) is 3.10. The van der Waals surface area contributed by atoms with E-state index < -0.39 is 0 Å². The number of nitrogens with one attached hydrogen (secondary N) is 1. The largest absolute Gasteiger partial charge is 0.310 e. The molecule has 3 rings (SSSR count). The summed E-state index contributed by atoms with van der Waals surface area (Å²) in [5.41, 5.74) is 2.46. The van der Waals surface area contributed by atoms with Gasteiger partial charge in [-0.15, -0.1) is 11.3 Å². The molecule has 2 heterocycles. The summed E-state index contributed by atoms with van der Waals surface area (Å²) >= 11 is 4.02. The third-order valence-electron chi connectivity index (χ3n) is 3.28. The lowest BCUT2D eigenvalue weighted by Gasteiger charge is -2.17. The van der Waals surface area contributed by atoms with Crippen LogP contribution in [0.4, 0.5) is 0 Å². The predicted molar refractivity (Wildman–Crippen MR) is 92.3 cm³/mol. The Bertz CT molecular complexity index is 658. The maximum absolute atomic E-state index is 4.68. The second-order valence-electron chi connectivity index (χ2n) is 4.69. The first-order chi connectivity index (χ1) is 9.76.